The molecule has 5 nitrogen and oxygen atoms in total. The van der Waals surface area contributed by atoms with Crippen LogP contribution in [0.1, 0.15) is 18.9 Å². The fourth-order valence-corrected chi connectivity index (χ4v) is 2.81. The van der Waals surface area contributed by atoms with Crippen molar-refractivity contribution in [2.75, 3.05) is 18.5 Å². The molecular weight excluding hydrogens is 252 g/mol. The smallest absolute Gasteiger partial charge is 0.203 e. The van der Waals surface area contributed by atoms with E-state index in [1.165, 1.54) is 0 Å². The van der Waals surface area contributed by atoms with Crippen LogP contribution in [0.4, 0.5) is 5.95 Å². The number of rotatable bonds is 3. The van der Waals surface area contributed by atoms with Gasteiger partial charge in [-0.25, -0.2) is 4.98 Å². The van der Waals surface area contributed by atoms with Crippen molar-refractivity contribution in [3.05, 3.63) is 23.8 Å². The van der Waals surface area contributed by atoms with Crippen molar-refractivity contribution >= 4 is 17.0 Å². The number of benzene rings is 1. The van der Waals surface area contributed by atoms with Gasteiger partial charge in [-0.3, -0.25) is 0 Å². The van der Waals surface area contributed by atoms with E-state index in [4.69, 9.17) is 4.74 Å². The van der Waals surface area contributed by atoms with Gasteiger partial charge in [-0.2, -0.15) is 5.26 Å². The van der Waals surface area contributed by atoms with Gasteiger partial charge in [0.05, 0.1) is 35.9 Å². The van der Waals surface area contributed by atoms with E-state index in [-0.39, 0.29) is 0 Å². The van der Waals surface area contributed by atoms with E-state index in [0.717, 1.165) is 30.0 Å². The van der Waals surface area contributed by atoms with E-state index in [0.29, 0.717) is 24.1 Å². The Bertz CT molecular complexity index is 670. The summed E-state index contributed by atoms with van der Waals surface area (Å²) in [5.74, 6) is 1.32. The molecule has 1 aliphatic rings. The number of imidazole rings is 1. The Balaban J connectivity index is 1.97. The number of nitrogens with one attached hydrogen (secondary N) is 1. The monoisotopic (exact) mass is 270 g/mol. The zero-order valence-corrected chi connectivity index (χ0v) is 11.8. The second-order valence-corrected chi connectivity index (χ2v) is 5.24. The molecule has 0 saturated carbocycles. The van der Waals surface area contributed by atoms with Gasteiger partial charge in [0, 0.05) is 13.0 Å². The van der Waals surface area contributed by atoms with Gasteiger partial charge in [-0.1, -0.05) is 13.0 Å². The lowest BCUT2D eigenvalue weighted by atomic mass is 10.0. The molecule has 104 valence electrons. The summed E-state index contributed by atoms with van der Waals surface area (Å²) < 4.78 is 7.50. The highest BCUT2D eigenvalue weighted by atomic mass is 16.5. The minimum absolute atomic E-state index is 0.293. The normalized spacial score (nSPS) is 22.1. The summed E-state index contributed by atoms with van der Waals surface area (Å²) in [5, 5.41) is 12.7. The summed E-state index contributed by atoms with van der Waals surface area (Å²) in [5.41, 5.74) is 2.38. The van der Waals surface area contributed by atoms with Gasteiger partial charge in [0.1, 0.15) is 6.07 Å². The standard InChI is InChI=1S/C15H18N4O/c1-3-10-8-20-9-13(10)18-15-17-12-6-4-5-11(7-16)14(12)19(15)2/h4-6,10,13H,3,8-9H2,1-2H3,(H,17,18). The minimum Gasteiger partial charge on any atom is -0.379 e. The molecule has 0 radical (unpaired) electrons. The molecule has 2 atom stereocenters. The van der Waals surface area contributed by atoms with Crippen LogP contribution in [0.5, 0.6) is 0 Å². The molecule has 1 aromatic heterocycles. The molecule has 0 bridgehead atoms. The van der Waals surface area contributed by atoms with Crippen molar-refractivity contribution < 1.29 is 4.74 Å². The van der Waals surface area contributed by atoms with E-state index < -0.39 is 0 Å². The predicted octanol–water partition coefficient (Wildman–Crippen LogP) is 2.28. The van der Waals surface area contributed by atoms with Crippen molar-refractivity contribution in [2.45, 2.75) is 19.4 Å². The van der Waals surface area contributed by atoms with Gasteiger partial charge in [0.25, 0.3) is 0 Å². The van der Waals surface area contributed by atoms with Crippen LogP contribution in [0.2, 0.25) is 0 Å². The van der Waals surface area contributed by atoms with Crippen LogP contribution >= 0.6 is 0 Å². The maximum Gasteiger partial charge on any atom is 0.203 e. The Kier molecular flexibility index (Phi) is 3.33. The number of aryl methyl sites for hydroxylation is 1. The van der Waals surface area contributed by atoms with Gasteiger partial charge in [0.15, 0.2) is 0 Å². The van der Waals surface area contributed by atoms with Crippen LogP contribution in [-0.4, -0.2) is 28.8 Å². The molecule has 1 N–H and O–H groups in total. The zero-order chi connectivity index (χ0) is 14.1. The molecule has 0 spiro atoms. The molecule has 2 heterocycles. The summed E-state index contributed by atoms with van der Waals surface area (Å²) in [6, 6.07) is 8.14. The molecule has 2 unspecified atom stereocenters. The van der Waals surface area contributed by atoms with Crippen LogP contribution < -0.4 is 5.32 Å². The van der Waals surface area contributed by atoms with Crippen LogP contribution in [-0.2, 0) is 11.8 Å². The largest absolute Gasteiger partial charge is 0.379 e. The fourth-order valence-electron chi connectivity index (χ4n) is 2.81. The molecular formula is C15H18N4O. The molecule has 1 aliphatic heterocycles. The van der Waals surface area contributed by atoms with Crippen molar-refractivity contribution in [3.63, 3.8) is 0 Å². The average molecular weight is 270 g/mol. The molecule has 1 aromatic carbocycles. The Morgan fingerprint density at radius 3 is 3.10 bits per heavy atom. The second kappa shape index (κ2) is 5.14. The van der Waals surface area contributed by atoms with E-state index in [1.54, 1.807) is 0 Å². The van der Waals surface area contributed by atoms with Crippen molar-refractivity contribution in [1.29, 1.82) is 5.26 Å². The highest BCUT2D eigenvalue weighted by Gasteiger charge is 2.27. The Labute approximate surface area is 118 Å². The molecule has 0 amide bonds. The number of aromatic nitrogens is 2. The number of anilines is 1. The Morgan fingerprint density at radius 1 is 1.50 bits per heavy atom. The summed E-state index contributed by atoms with van der Waals surface area (Å²) in [6.07, 6.45) is 1.09. The summed E-state index contributed by atoms with van der Waals surface area (Å²) in [7, 11) is 1.94. The lowest BCUT2D eigenvalue weighted by molar-refractivity contribution is 0.184. The Hall–Kier alpha value is -2.06. The van der Waals surface area contributed by atoms with Crippen molar-refractivity contribution in [1.82, 2.24) is 9.55 Å². The maximum atomic E-state index is 9.20. The third-order valence-corrected chi connectivity index (χ3v) is 4.05. The first-order valence-electron chi connectivity index (χ1n) is 6.94. The first-order valence-corrected chi connectivity index (χ1v) is 6.94. The maximum absolute atomic E-state index is 9.20. The number of nitriles is 1. The third kappa shape index (κ3) is 2.02. The average Bonchev–Trinajstić information content (AvgIpc) is 3.04. The minimum atomic E-state index is 0.293. The van der Waals surface area contributed by atoms with Crippen molar-refractivity contribution in [2.24, 2.45) is 13.0 Å². The van der Waals surface area contributed by atoms with E-state index in [1.807, 2.05) is 29.8 Å². The number of ether oxygens (including phenoxy) is 1. The second-order valence-electron chi connectivity index (χ2n) is 5.24. The van der Waals surface area contributed by atoms with E-state index in [9.17, 15) is 5.26 Å². The zero-order valence-electron chi connectivity index (χ0n) is 11.8. The summed E-state index contributed by atoms with van der Waals surface area (Å²) in [4.78, 5) is 4.60. The lowest BCUT2D eigenvalue weighted by Gasteiger charge is -2.18. The van der Waals surface area contributed by atoms with Gasteiger partial charge >= 0.3 is 0 Å². The van der Waals surface area contributed by atoms with Crippen LogP contribution in [0.25, 0.3) is 11.0 Å². The molecule has 0 aliphatic carbocycles. The molecule has 20 heavy (non-hydrogen) atoms. The Morgan fingerprint density at radius 2 is 2.35 bits per heavy atom. The van der Waals surface area contributed by atoms with Crippen LogP contribution in [0, 0.1) is 17.2 Å². The summed E-state index contributed by atoms with van der Waals surface area (Å²) in [6.45, 7) is 3.70. The highest BCUT2D eigenvalue weighted by Crippen LogP contribution is 2.25. The highest BCUT2D eigenvalue weighted by molar-refractivity contribution is 5.84. The molecule has 3 rings (SSSR count). The number of para-hydroxylation sites is 1. The molecule has 1 fully saturated rings. The first-order chi connectivity index (χ1) is 9.74. The van der Waals surface area contributed by atoms with Crippen LogP contribution in [0.3, 0.4) is 0 Å². The summed E-state index contributed by atoms with van der Waals surface area (Å²) >= 11 is 0. The van der Waals surface area contributed by atoms with Crippen LogP contribution in [0.15, 0.2) is 18.2 Å². The fraction of sp³-hybridized carbons (Fsp3) is 0.467. The van der Waals surface area contributed by atoms with Crippen molar-refractivity contribution in [3.8, 4) is 6.07 Å². The number of hydrogen-bond acceptors (Lipinski definition) is 4. The molecule has 1 saturated heterocycles. The third-order valence-electron chi connectivity index (χ3n) is 4.05. The molecule has 5 heteroatoms. The van der Waals surface area contributed by atoms with Gasteiger partial charge in [0.2, 0.25) is 5.95 Å². The van der Waals surface area contributed by atoms with E-state index in [2.05, 4.69) is 23.3 Å². The van der Waals surface area contributed by atoms with E-state index >= 15 is 0 Å². The first kappa shape index (κ1) is 12.9. The number of hydrogen-bond donors (Lipinski definition) is 1. The topological polar surface area (TPSA) is 62.9 Å². The number of fused-ring (bicyclic) bond motifs is 1. The van der Waals surface area contributed by atoms with Gasteiger partial charge in [-0.15, -0.1) is 0 Å². The molecule has 2 aromatic rings. The number of nitrogens with zero attached hydrogens (tertiary/aromatic N) is 3. The quantitative estimate of drug-likeness (QED) is 0.929. The lowest BCUT2D eigenvalue weighted by Crippen LogP contribution is -2.28. The van der Waals surface area contributed by atoms with Gasteiger partial charge < -0.3 is 14.6 Å². The van der Waals surface area contributed by atoms with Gasteiger partial charge in [-0.05, 0) is 18.6 Å². The SMILES string of the molecule is CCC1COCC1Nc1nc2cccc(C#N)c2n1C. The predicted molar refractivity (Wildman–Crippen MR) is 77.4 cm³/mol.